The molecule has 96 valence electrons. The molecule has 1 fully saturated rings. The van der Waals surface area contributed by atoms with E-state index in [1.807, 2.05) is 0 Å². The molecule has 1 aromatic carbocycles. The molecule has 1 saturated heterocycles. The molecule has 1 heterocycles. The Morgan fingerprint density at radius 1 is 1.56 bits per heavy atom. The molecule has 1 N–H and O–H groups in total. The average molecular weight is 316 g/mol. The number of amides is 1. The molecule has 6 heteroatoms. The van der Waals surface area contributed by atoms with Gasteiger partial charge in [-0.15, -0.1) is 0 Å². The van der Waals surface area contributed by atoms with Crippen molar-refractivity contribution in [3.8, 4) is 0 Å². The first kappa shape index (κ1) is 13.0. The Hall–Kier alpha value is -1.43. The van der Waals surface area contributed by atoms with Gasteiger partial charge in [0.15, 0.2) is 0 Å². The number of carbonyl (C=O) groups excluding carboxylic acids is 1. The monoisotopic (exact) mass is 315 g/mol. The third kappa shape index (κ3) is 2.53. The molecule has 18 heavy (non-hydrogen) atoms. The van der Waals surface area contributed by atoms with Gasteiger partial charge >= 0.3 is 5.97 Å². The maximum atomic E-state index is 13.6. The van der Waals surface area contributed by atoms with Crippen molar-refractivity contribution in [1.82, 2.24) is 4.90 Å². The predicted octanol–water partition coefficient (Wildman–Crippen LogP) is 2.16. The minimum atomic E-state index is -1.05. The number of rotatable bonds is 3. The van der Waals surface area contributed by atoms with E-state index in [2.05, 4.69) is 15.9 Å². The lowest BCUT2D eigenvalue weighted by Gasteiger charge is -2.21. The Bertz CT molecular complexity index is 506. The molecule has 1 unspecified atom stereocenters. The summed E-state index contributed by atoms with van der Waals surface area (Å²) in [6.07, 6.45) is 0.483. The van der Waals surface area contributed by atoms with Crippen LogP contribution in [0.2, 0.25) is 0 Å². The Morgan fingerprint density at radius 2 is 2.28 bits per heavy atom. The molecule has 0 aromatic heterocycles. The standard InChI is InChI=1S/C12H11BrFNO3/c13-8-1-2-9(14)7(5-8)6-15-10(12(17)18)3-4-11(15)16/h1-2,5,10H,3-4,6H2,(H,17,18). The molecule has 1 aliphatic rings. The third-order valence-corrected chi connectivity index (χ3v) is 3.45. The van der Waals surface area contributed by atoms with Crippen LogP contribution >= 0.6 is 15.9 Å². The second kappa shape index (κ2) is 5.06. The number of hydrogen-bond acceptors (Lipinski definition) is 2. The van der Waals surface area contributed by atoms with Gasteiger partial charge in [0.25, 0.3) is 0 Å². The molecular formula is C12H11BrFNO3. The minimum Gasteiger partial charge on any atom is -0.480 e. The summed E-state index contributed by atoms with van der Waals surface area (Å²) in [5.74, 6) is -1.74. The molecule has 4 nitrogen and oxygen atoms in total. The summed E-state index contributed by atoms with van der Waals surface area (Å²) in [5, 5.41) is 9.01. The van der Waals surface area contributed by atoms with Gasteiger partial charge in [-0.25, -0.2) is 9.18 Å². The van der Waals surface area contributed by atoms with Crippen molar-refractivity contribution in [2.75, 3.05) is 0 Å². The van der Waals surface area contributed by atoms with E-state index in [-0.39, 0.29) is 25.3 Å². The highest BCUT2D eigenvalue weighted by atomic mass is 79.9. The fraction of sp³-hybridized carbons (Fsp3) is 0.333. The molecule has 2 rings (SSSR count). The minimum absolute atomic E-state index is 0.0128. The van der Waals surface area contributed by atoms with E-state index < -0.39 is 17.8 Å². The average Bonchev–Trinajstić information content (AvgIpc) is 2.66. The second-order valence-electron chi connectivity index (χ2n) is 4.15. The maximum Gasteiger partial charge on any atom is 0.326 e. The topological polar surface area (TPSA) is 57.6 Å². The van der Waals surface area contributed by atoms with E-state index in [0.717, 1.165) is 0 Å². The van der Waals surface area contributed by atoms with Gasteiger partial charge < -0.3 is 10.0 Å². The summed E-state index contributed by atoms with van der Waals surface area (Å²) < 4.78 is 14.3. The molecule has 1 amide bonds. The van der Waals surface area contributed by atoms with Crippen LogP contribution in [0, 0.1) is 5.82 Å². The number of likely N-dealkylation sites (tertiary alicyclic amines) is 1. The number of carbonyl (C=O) groups is 2. The van der Waals surface area contributed by atoms with Crippen molar-refractivity contribution in [2.24, 2.45) is 0 Å². The number of carboxylic acid groups (broad SMARTS) is 1. The smallest absolute Gasteiger partial charge is 0.326 e. The van der Waals surface area contributed by atoms with Crippen LogP contribution in [-0.4, -0.2) is 27.9 Å². The van der Waals surface area contributed by atoms with Gasteiger partial charge in [0, 0.05) is 23.0 Å². The van der Waals surface area contributed by atoms with Gasteiger partial charge in [0.2, 0.25) is 5.91 Å². The summed E-state index contributed by atoms with van der Waals surface area (Å²) in [7, 11) is 0. The lowest BCUT2D eigenvalue weighted by Crippen LogP contribution is -2.38. The Kier molecular flexibility index (Phi) is 3.65. The quantitative estimate of drug-likeness (QED) is 0.930. The van der Waals surface area contributed by atoms with Crippen LogP contribution in [0.4, 0.5) is 4.39 Å². The predicted molar refractivity (Wildman–Crippen MR) is 65.3 cm³/mol. The second-order valence-corrected chi connectivity index (χ2v) is 5.07. The number of benzene rings is 1. The van der Waals surface area contributed by atoms with Crippen LogP contribution in [0.5, 0.6) is 0 Å². The highest BCUT2D eigenvalue weighted by Gasteiger charge is 2.36. The first-order chi connectivity index (χ1) is 8.49. The Morgan fingerprint density at radius 3 is 2.94 bits per heavy atom. The van der Waals surface area contributed by atoms with E-state index in [1.165, 1.54) is 11.0 Å². The van der Waals surface area contributed by atoms with Crippen LogP contribution in [0.1, 0.15) is 18.4 Å². The molecule has 0 radical (unpaired) electrons. The maximum absolute atomic E-state index is 13.6. The molecular weight excluding hydrogens is 305 g/mol. The first-order valence-corrected chi connectivity index (χ1v) is 6.24. The number of aliphatic carboxylic acids is 1. The van der Waals surface area contributed by atoms with Crippen molar-refractivity contribution >= 4 is 27.8 Å². The third-order valence-electron chi connectivity index (χ3n) is 2.96. The fourth-order valence-electron chi connectivity index (χ4n) is 2.04. The molecule has 0 aliphatic carbocycles. The highest BCUT2D eigenvalue weighted by Crippen LogP contribution is 2.24. The molecule has 1 aliphatic heterocycles. The zero-order valence-electron chi connectivity index (χ0n) is 9.40. The Labute approximate surface area is 112 Å². The van der Waals surface area contributed by atoms with Gasteiger partial charge in [0.1, 0.15) is 11.9 Å². The summed E-state index contributed by atoms with van der Waals surface area (Å²) >= 11 is 3.22. The van der Waals surface area contributed by atoms with Crippen LogP contribution in [0.15, 0.2) is 22.7 Å². The largest absolute Gasteiger partial charge is 0.480 e. The summed E-state index contributed by atoms with van der Waals surface area (Å²) in [6, 6.07) is 3.55. The number of carboxylic acids is 1. The lowest BCUT2D eigenvalue weighted by atomic mass is 10.1. The van der Waals surface area contributed by atoms with Crippen LogP contribution in [0.3, 0.4) is 0 Å². The molecule has 1 atom stereocenters. The van der Waals surface area contributed by atoms with E-state index in [1.54, 1.807) is 12.1 Å². The van der Waals surface area contributed by atoms with Gasteiger partial charge in [-0.1, -0.05) is 15.9 Å². The van der Waals surface area contributed by atoms with Crippen LogP contribution < -0.4 is 0 Å². The summed E-state index contributed by atoms with van der Waals surface area (Å²) in [4.78, 5) is 23.8. The summed E-state index contributed by atoms with van der Waals surface area (Å²) in [6.45, 7) is -0.0128. The fourth-order valence-corrected chi connectivity index (χ4v) is 2.45. The van der Waals surface area contributed by atoms with E-state index >= 15 is 0 Å². The lowest BCUT2D eigenvalue weighted by molar-refractivity contribution is -0.146. The van der Waals surface area contributed by atoms with Crippen molar-refractivity contribution in [2.45, 2.75) is 25.4 Å². The van der Waals surface area contributed by atoms with E-state index in [4.69, 9.17) is 5.11 Å². The van der Waals surface area contributed by atoms with E-state index in [9.17, 15) is 14.0 Å². The Balaban J connectivity index is 2.24. The summed E-state index contributed by atoms with van der Waals surface area (Å²) in [5.41, 5.74) is 0.311. The van der Waals surface area contributed by atoms with Gasteiger partial charge in [-0.05, 0) is 24.6 Å². The zero-order chi connectivity index (χ0) is 13.3. The normalized spacial score (nSPS) is 19.3. The number of halogens is 2. The van der Waals surface area contributed by atoms with Crippen molar-refractivity contribution in [3.05, 3.63) is 34.1 Å². The molecule has 0 saturated carbocycles. The molecule has 1 aromatic rings. The van der Waals surface area contributed by atoms with Gasteiger partial charge in [-0.2, -0.15) is 0 Å². The van der Waals surface area contributed by atoms with Crippen molar-refractivity contribution in [1.29, 1.82) is 0 Å². The molecule has 0 spiro atoms. The number of nitrogens with zero attached hydrogens (tertiary/aromatic N) is 1. The van der Waals surface area contributed by atoms with E-state index in [0.29, 0.717) is 10.0 Å². The number of hydrogen-bond donors (Lipinski definition) is 1. The zero-order valence-corrected chi connectivity index (χ0v) is 11.0. The van der Waals surface area contributed by atoms with Gasteiger partial charge in [-0.3, -0.25) is 4.79 Å². The highest BCUT2D eigenvalue weighted by molar-refractivity contribution is 9.10. The SMILES string of the molecule is O=C(O)C1CCC(=O)N1Cc1cc(Br)ccc1F. The van der Waals surface area contributed by atoms with Crippen LogP contribution in [-0.2, 0) is 16.1 Å². The first-order valence-electron chi connectivity index (χ1n) is 5.45. The van der Waals surface area contributed by atoms with Crippen LogP contribution in [0.25, 0.3) is 0 Å². The van der Waals surface area contributed by atoms with Gasteiger partial charge in [0.05, 0.1) is 0 Å². The van der Waals surface area contributed by atoms with Crippen molar-refractivity contribution < 1.29 is 19.1 Å². The molecule has 0 bridgehead atoms. The van der Waals surface area contributed by atoms with Crippen molar-refractivity contribution in [3.63, 3.8) is 0 Å².